The Bertz CT molecular complexity index is 1030. The summed E-state index contributed by atoms with van der Waals surface area (Å²) in [7, 11) is -5.84. The lowest BCUT2D eigenvalue weighted by atomic mass is 10.3. The maximum absolute atomic E-state index is 2.76. The first-order valence-corrected chi connectivity index (χ1v) is 24.6. The molecule has 162 valence electrons. The van der Waals surface area contributed by atoms with E-state index in [9.17, 15) is 0 Å². The summed E-state index contributed by atoms with van der Waals surface area (Å²) < 4.78 is 0. The first-order valence-electron chi connectivity index (χ1n) is 11.6. The maximum atomic E-state index is 2.76. The summed E-state index contributed by atoms with van der Waals surface area (Å²) in [6.45, 7) is 11.0. The molecule has 32 heavy (non-hydrogen) atoms. The van der Waals surface area contributed by atoms with Crippen LogP contribution in [0.15, 0.2) is 121 Å². The first-order chi connectivity index (χ1) is 15.4. The molecular formula is C28H34Si4. The quantitative estimate of drug-likeness (QED) is 0.278. The zero-order valence-electron chi connectivity index (χ0n) is 19.8. The van der Waals surface area contributed by atoms with Crippen molar-refractivity contribution < 1.29 is 0 Å². The fraction of sp³-hybridized carbons (Fsp3) is 0.143. The molecule has 4 aromatic rings. The van der Waals surface area contributed by atoms with Gasteiger partial charge >= 0.3 is 0 Å². The minimum absolute atomic E-state index is 0.347. The Morgan fingerprint density at radius 2 is 0.750 bits per heavy atom. The van der Waals surface area contributed by atoms with Gasteiger partial charge in [0.1, 0.15) is 7.59 Å². The highest BCUT2D eigenvalue weighted by atomic mass is 29.8. The van der Waals surface area contributed by atoms with Gasteiger partial charge < -0.3 is 0 Å². The van der Waals surface area contributed by atoms with Gasteiger partial charge in [-0.1, -0.05) is 168 Å². The molecule has 0 fully saturated rings. The van der Waals surface area contributed by atoms with E-state index in [-0.39, 0.29) is 9.04 Å². The lowest BCUT2D eigenvalue weighted by Crippen LogP contribution is -2.88. The van der Waals surface area contributed by atoms with Crippen molar-refractivity contribution in [2.24, 2.45) is 0 Å². The summed E-state index contributed by atoms with van der Waals surface area (Å²) in [5.74, 6) is 0. The summed E-state index contributed by atoms with van der Waals surface area (Å²) in [6.07, 6.45) is 0. The van der Waals surface area contributed by atoms with Crippen molar-refractivity contribution in [2.45, 2.75) is 26.2 Å². The van der Waals surface area contributed by atoms with Gasteiger partial charge in [0.15, 0.2) is 0 Å². The lowest BCUT2D eigenvalue weighted by Gasteiger charge is -2.53. The molecule has 0 aromatic heterocycles. The zero-order valence-corrected chi connectivity index (χ0v) is 24.2. The molecule has 0 N–H and O–H groups in total. The monoisotopic (exact) mass is 482 g/mol. The second-order valence-electron chi connectivity index (χ2n) is 10.0. The largest absolute Gasteiger partial charge is 0.136 e. The molecule has 0 heterocycles. The molecule has 0 saturated heterocycles. The van der Waals surface area contributed by atoms with E-state index in [0.29, 0.717) is 0 Å². The molecule has 4 aromatic carbocycles. The molecule has 0 radical (unpaired) electrons. The van der Waals surface area contributed by atoms with Crippen molar-refractivity contribution in [3.05, 3.63) is 121 Å². The molecule has 0 aliphatic rings. The third-order valence-corrected chi connectivity index (χ3v) is 62.8. The molecule has 4 heteroatoms. The van der Waals surface area contributed by atoms with Crippen LogP contribution in [-0.4, -0.2) is 30.8 Å². The topological polar surface area (TPSA) is 0 Å². The maximum Gasteiger partial charge on any atom is 0.136 e. The van der Waals surface area contributed by atoms with Crippen molar-refractivity contribution in [2.75, 3.05) is 0 Å². The van der Waals surface area contributed by atoms with E-state index < -0.39 is 21.8 Å². The first kappa shape index (κ1) is 22.9. The van der Waals surface area contributed by atoms with Crippen LogP contribution >= 0.6 is 0 Å². The van der Waals surface area contributed by atoms with Crippen molar-refractivity contribution >= 4 is 51.6 Å². The Balaban J connectivity index is 2.02. The number of benzene rings is 4. The summed E-state index contributed by atoms with van der Waals surface area (Å²) >= 11 is 0. The standard InChI is InChI=1S/C28H34Si4/c1-30(2,29-25-17-9-5-10-18-25)31(3,4)32(26-19-11-6-12-20-26,27-21-13-7-14-22-27)28-23-15-8-16-24-28/h5-24H,29H2,1-4H3. The van der Waals surface area contributed by atoms with Crippen LogP contribution in [0.2, 0.25) is 26.2 Å². The van der Waals surface area contributed by atoms with Gasteiger partial charge in [0.05, 0.1) is 0 Å². The van der Waals surface area contributed by atoms with Crippen LogP contribution in [0.3, 0.4) is 0 Å². The molecule has 0 nitrogen and oxygen atoms in total. The summed E-state index contributed by atoms with van der Waals surface area (Å²) in [4.78, 5) is 0. The smallest absolute Gasteiger partial charge is 0.0735 e. The predicted octanol–water partition coefficient (Wildman–Crippen LogP) is 3.72. The Morgan fingerprint density at radius 1 is 0.438 bits per heavy atom. The van der Waals surface area contributed by atoms with Crippen LogP contribution in [0.4, 0.5) is 0 Å². The van der Waals surface area contributed by atoms with Crippen LogP contribution < -0.4 is 20.7 Å². The van der Waals surface area contributed by atoms with Gasteiger partial charge in [0.25, 0.3) is 0 Å². The van der Waals surface area contributed by atoms with Gasteiger partial charge in [0, 0.05) is 23.3 Å². The molecule has 0 aliphatic heterocycles. The van der Waals surface area contributed by atoms with E-state index in [1.165, 1.54) is 0 Å². The minimum atomic E-state index is -2.21. The van der Waals surface area contributed by atoms with Gasteiger partial charge in [0.2, 0.25) is 0 Å². The third-order valence-electron chi connectivity index (χ3n) is 7.74. The van der Waals surface area contributed by atoms with E-state index in [2.05, 4.69) is 148 Å². The normalized spacial score (nSPS) is 12.9. The molecule has 0 amide bonds. The van der Waals surface area contributed by atoms with Crippen molar-refractivity contribution in [3.63, 3.8) is 0 Å². The van der Waals surface area contributed by atoms with Crippen molar-refractivity contribution in [3.8, 4) is 0 Å². The van der Waals surface area contributed by atoms with E-state index in [1.54, 1.807) is 20.7 Å². The highest BCUT2D eigenvalue weighted by Gasteiger charge is 2.59. The van der Waals surface area contributed by atoms with E-state index in [1.807, 2.05) is 0 Å². The predicted molar refractivity (Wildman–Crippen MR) is 154 cm³/mol. The van der Waals surface area contributed by atoms with Crippen LogP contribution in [0.25, 0.3) is 0 Å². The fourth-order valence-corrected chi connectivity index (χ4v) is 58.2. The number of rotatable bonds is 7. The third kappa shape index (κ3) is 3.97. The molecule has 0 aliphatic carbocycles. The Labute approximate surface area is 198 Å². The SMILES string of the molecule is C[Si](C)([SiH2]c1ccccc1)[Si](C)(C)[Si](c1ccccc1)(c1ccccc1)c1ccccc1. The molecule has 0 bridgehead atoms. The van der Waals surface area contributed by atoms with Gasteiger partial charge in [-0.15, -0.1) is 0 Å². The van der Waals surface area contributed by atoms with Gasteiger partial charge in [-0.2, -0.15) is 0 Å². The Morgan fingerprint density at radius 3 is 1.09 bits per heavy atom. The van der Waals surface area contributed by atoms with Gasteiger partial charge in [-0.05, 0) is 0 Å². The average Bonchev–Trinajstić information content (AvgIpc) is 2.82. The van der Waals surface area contributed by atoms with Gasteiger partial charge in [-0.3, -0.25) is 0 Å². The second-order valence-corrected chi connectivity index (χ2v) is 45.2. The Hall–Kier alpha value is -2.25. The lowest BCUT2D eigenvalue weighted by molar-refractivity contribution is 1.68. The van der Waals surface area contributed by atoms with E-state index in [0.717, 1.165) is 0 Å². The minimum Gasteiger partial charge on any atom is -0.0735 e. The zero-order chi connectivity index (χ0) is 22.7. The van der Waals surface area contributed by atoms with Crippen LogP contribution in [0, 0.1) is 0 Å². The molecule has 0 unspecified atom stereocenters. The molecular weight excluding hydrogens is 449 g/mol. The van der Waals surface area contributed by atoms with Crippen LogP contribution in [-0.2, 0) is 0 Å². The molecule has 0 spiro atoms. The number of hydrogen-bond donors (Lipinski definition) is 0. The van der Waals surface area contributed by atoms with Crippen LogP contribution in [0.5, 0.6) is 0 Å². The highest BCUT2D eigenvalue weighted by molar-refractivity contribution is 7.84. The second kappa shape index (κ2) is 9.31. The summed E-state index contributed by atoms with van der Waals surface area (Å²) in [5.41, 5.74) is 0. The molecule has 0 atom stereocenters. The van der Waals surface area contributed by atoms with Crippen LogP contribution in [0.1, 0.15) is 0 Å². The van der Waals surface area contributed by atoms with E-state index >= 15 is 0 Å². The molecule has 4 rings (SSSR count). The summed E-state index contributed by atoms with van der Waals surface area (Å²) in [6, 6.07) is 46.1. The van der Waals surface area contributed by atoms with Crippen molar-refractivity contribution in [1.29, 1.82) is 0 Å². The fourth-order valence-electron chi connectivity index (χ4n) is 5.48. The number of hydrogen-bond acceptors (Lipinski definition) is 0. The van der Waals surface area contributed by atoms with Crippen molar-refractivity contribution in [1.82, 2.24) is 0 Å². The van der Waals surface area contributed by atoms with E-state index in [4.69, 9.17) is 0 Å². The summed E-state index contributed by atoms with van der Waals surface area (Å²) in [5, 5.41) is 6.42. The van der Waals surface area contributed by atoms with Gasteiger partial charge in [-0.25, -0.2) is 0 Å². The average molecular weight is 483 g/mol. The molecule has 0 saturated carbocycles. The Kier molecular flexibility index (Phi) is 6.67. The highest BCUT2D eigenvalue weighted by Crippen LogP contribution is 2.29.